The van der Waals surface area contributed by atoms with Gasteiger partial charge in [-0.05, 0) is 31.6 Å². The van der Waals surface area contributed by atoms with Crippen molar-refractivity contribution in [1.82, 2.24) is 10.2 Å². The van der Waals surface area contributed by atoms with Crippen molar-refractivity contribution in [2.75, 3.05) is 19.6 Å². The number of likely N-dealkylation sites (tertiary alicyclic amines) is 1. The van der Waals surface area contributed by atoms with Crippen LogP contribution in [0.25, 0.3) is 0 Å². The first-order valence-electron chi connectivity index (χ1n) is 7.59. The summed E-state index contributed by atoms with van der Waals surface area (Å²) in [6, 6.07) is 0.125. The number of carboxylic acids is 1. The van der Waals surface area contributed by atoms with E-state index in [1.54, 1.807) is 4.90 Å². The van der Waals surface area contributed by atoms with Gasteiger partial charge in [0.05, 0.1) is 5.92 Å². The van der Waals surface area contributed by atoms with Crippen LogP contribution in [-0.2, 0) is 4.79 Å². The average Bonchev–Trinajstić information content (AvgIpc) is 2.45. The maximum Gasteiger partial charge on any atom is 0.317 e. The van der Waals surface area contributed by atoms with Gasteiger partial charge in [-0.15, -0.1) is 0 Å². The van der Waals surface area contributed by atoms with Gasteiger partial charge in [0.25, 0.3) is 0 Å². The molecule has 0 bridgehead atoms. The van der Waals surface area contributed by atoms with Gasteiger partial charge >= 0.3 is 12.0 Å². The number of urea groups is 1. The summed E-state index contributed by atoms with van der Waals surface area (Å²) in [6.45, 7) is 1.86. The summed E-state index contributed by atoms with van der Waals surface area (Å²) in [7, 11) is 0. The van der Waals surface area contributed by atoms with Gasteiger partial charge in [-0.2, -0.15) is 0 Å². The van der Waals surface area contributed by atoms with Gasteiger partial charge in [0, 0.05) is 25.7 Å². The van der Waals surface area contributed by atoms with E-state index in [-0.39, 0.29) is 23.9 Å². The van der Waals surface area contributed by atoms with Crippen molar-refractivity contribution >= 4 is 12.0 Å². The highest BCUT2D eigenvalue weighted by molar-refractivity contribution is 5.74. The first-order chi connectivity index (χ1) is 9.58. The molecular weight excluding hydrogens is 258 g/mol. The van der Waals surface area contributed by atoms with Crippen molar-refractivity contribution in [3.8, 4) is 0 Å². The summed E-state index contributed by atoms with van der Waals surface area (Å²) in [5, 5.41) is 12.1. The molecule has 20 heavy (non-hydrogen) atoms. The van der Waals surface area contributed by atoms with Crippen LogP contribution in [0.3, 0.4) is 0 Å². The lowest BCUT2D eigenvalue weighted by molar-refractivity contribution is -0.144. The van der Waals surface area contributed by atoms with Gasteiger partial charge in [-0.1, -0.05) is 12.8 Å². The normalized spacial score (nSPS) is 28.1. The molecule has 2 unspecified atom stereocenters. The van der Waals surface area contributed by atoms with Crippen LogP contribution in [0, 0.1) is 11.8 Å². The molecule has 0 aromatic heterocycles. The molecule has 2 atom stereocenters. The molecule has 1 saturated heterocycles. The second-order valence-corrected chi connectivity index (χ2v) is 6.00. The Morgan fingerprint density at radius 1 is 1.15 bits per heavy atom. The number of carbonyl (C=O) groups excluding carboxylic acids is 1. The number of nitrogens with one attached hydrogen (secondary N) is 1. The first kappa shape index (κ1) is 15.1. The Morgan fingerprint density at radius 2 is 1.80 bits per heavy atom. The zero-order valence-electron chi connectivity index (χ0n) is 11.9. The molecule has 2 fully saturated rings. The molecule has 0 spiro atoms. The van der Waals surface area contributed by atoms with Crippen molar-refractivity contribution in [3.63, 3.8) is 0 Å². The van der Waals surface area contributed by atoms with E-state index in [2.05, 4.69) is 5.32 Å². The molecule has 1 aliphatic carbocycles. The van der Waals surface area contributed by atoms with Crippen molar-refractivity contribution in [2.45, 2.75) is 44.6 Å². The molecule has 0 radical (unpaired) electrons. The molecule has 6 heteroatoms. The molecule has 0 aromatic rings. The molecule has 6 nitrogen and oxygen atoms in total. The zero-order valence-corrected chi connectivity index (χ0v) is 11.9. The van der Waals surface area contributed by atoms with Gasteiger partial charge in [0.1, 0.15) is 0 Å². The van der Waals surface area contributed by atoms with Crippen LogP contribution >= 0.6 is 0 Å². The number of nitrogens with zero attached hydrogens (tertiary/aromatic N) is 1. The summed E-state index contributed by atoms with van der Waals surface area (Å²) in [5.74, 6) is -0.969. The highest BCUT2D eigenvalue weighted by atomic mass is 16.4. The van der Waals surface area contributed by atoms with E-state index in [1.807, 2.05) is 0 Å². The Labute approximate surface area is 119 Å². The fourth-order valence-electron chi connectivity index (χ4n) is 3.21. The number of carbonyl (C=O) groups is 2. The fraction of sp³-hybridized carbons (Fsp3) is 0.857. The Bertz CT molecular complexity index is 354. The maximum atomic E-state index is 12.1. The SMILES string of the molecule is NC1CCN(C(=O)NCC2CCCCC2C(=O)O)CC1. The highest BCUT2D eigenvalue weighted by Gasteiger charge is 2.31. The minimum atomic E-state index is -0.729. The summed E-state index contributed by atoms with van der Waals surface area (Å²) in [6.07, 6.45) is 5.34. The van der Waals surface area contributed by atoms with E-state index >= 15 is 0 Å². The third-order valence-corrected chi connectivity index (χ3v) is 4.57. The molecule has 2 aliphatic rings. The van der Waals surface area contributed by atoms with Crippen molar-refractivity contribution in [1.29, 1.82) is 0 Å². The first-order valence-corrected chi connectivity index (χ1v) is 7.59. The average molecular weight is 283 g/mol. The van der Waals surface area contributed by atoms with E-state index in [0.29, 0.717) is 19.6 Å². The number of amides is 2. The number of hydrogen-bond donors (Lipinski definition) is 3. The summed E-state index contributed by atoms with van der Waals surface area (Å²) in [4.78, 5) is 25.0. The zero-order chi connectivity index (χ0) is 14.5. The molecule has 1 saturated carbocycles. The van der Waals surface area contributed by atoms with Crippen molar-refractivity contribution in [2.24, 2.45) is 17.6 Å². The van der Waals surface area contributed by atoms with Gasteiger partial charge in [-0.25, -0.2) is 4.79 Å². The third-order valence-electron chi connectivity index (χ3n) is 4.57. The second kappa shape index (κ2) is 6.92. The summed E-state index contributed by atoms with van der Waals surface area (Å²) in [5.41, 5.74) is 5.82. The van der Waals surface area contributed by atoms with E-state index in [0.717, 1.165) is 38.5 Å². The van der Waals surface area contributed by atoms with Gasteiger partial charge < -0.3 is 21.1 Å². The number of aliphatic carboxylic acids is 1. The quantitative estimate of drug-likeness (QED) is 0.720. The van der Waals surface area contributed by atoms with Crippen molar-refractivity contribution in [3.05, 3.63) is 0 Å². The summed E-state index contributed by atoms with van der Waals surface area (Å²) < 4.78 is 0. The number of carboxylic acid groups (broad SMARTS) is 1. The van der Waals surface area contributed by atoms with Crippen LogP contribution in [0.15, 0.2) is 0 Å². The van der Waals surface area contributed by atoms with Crippen LogP contribution in [0.2, 0.25) is 0 Å². The molecule has 1 heterocycles. The lowest BCUT2D eigenvalue weighted by atomic mass is 9.79. The number of hydrogen-bond acceptors (Lipinski definition) is 3. The highest BCUT2D eigenvalue weighted by Crippen LogP contribution is 2.29. The van der Waals surface area contributed by atoms with Crippen LogP contribution in [0.4, 0.5) is 4.79 Å². The molecule has 114 valence electrons. The molecule has 4 N–H and O–H groups in total. The van der Waals surface area contributed by atoms with E-state index in [1.165, 1.54) is 0 Å². The van der Waals surface area contributed by atoms with E-state index < -0.39 is 5.97 Å². The van der Waals surface area contributed by atoms with E-state index in [9.17, 15) is 14.7 Å². The van der Waals surface area contributed by atoms with Crippen LogP contribution in [-0.4, -0.2) is 47.7 Å². The van der Waals surface area contributed by atoms with Gasteiger partial charge in [-0.3, -0.25) is 4.79 Å². The lowest BCUT2D eigenvalue weighted by Gasteiger charge is -2.32. The Kier molecular flexibility index (Phi) is 5.23. The van der Waals surface area contributed by atoms with Crippen LogP contribution in [0.5, 0.6) is 0 Å². The standard InChI is InChI=1S/C14H25N3O3/c15-11-5-7-17(8-6-11)14(20)16-9-10-3-1-2-4-12(10)13(18)19/h10-12H,1-9,15H2,(H,16,20)(H,18,19). The predicted octanol–water partition coefficient (Wildman–Crippen LogP) is 1.01. The topological polar surface area (TPSA) is 95.7 Å². The van der Waals surface area contributed by atoms with Crippen molar-refractivity contribution < 1.29 is 14.7 Å². The van der Waals surface area contributed by atoms with Gasteiger partial charge in [0.15, 0.2) is 0 Å². The maximum absolute atomic E-state index is 12.1. The fourth-order valence-corrected chi connectivity index (χ4v) is 3.21. The molecule has 2 rings (SSSR count). The second-order valence-electron chi connectivity index (χ2n) is 6.00. The molecule has 1 aliphatic heterocycles. The number of nitrogens with two attached hydrogens (primary N) is 1. The third kappa shape index (κ3) is 3.85. The predicted molar refractivity (Wildman–Crippen MR) is 75.3 cm³/mol. The minimum absolute atomic E-state index is 0.0669. The van der Waals surface area contributed by atoms with Gasteiger partial charge in [0.2, 0.25) is 0 Å². The van der Waals surface area contributed by atoms with Crippen LogP contribution < -0.4 is 11.1 Å². The number of piperidine rings is 1. The Hall–Kier alpha value is -1.30. The summed E-state index contributed by atoms with van der Waals surface area (Å²) >= 11 is 0. The minimum Gasteiger partial charge on any atom is -0.481 e. The number of rotatable bonds is 3. The smallest absolute Gasteiger partial charge is 0.317 e. The van der Waals surface area contributed by atoms with E-state index in [4.69, 9.17) is 5.73 Å². The Morgan fingerprint density at radius 3 is 2.45 bits per heavy atom. The molecular formula is C14H25N3O3. The largest absolute Gasteiger partial charge is 0.481 e. The molecule has 2 amide bonds. The monoisotopic (exact) mass is 283 g/mol. The van der Waals surface area contributed by atoms with Crippen LogP contribution in [0.1, 0.15) is 38.5 Å². The molecule has 0 aromatic carbocycles. The lowest BCUT2D eigenvalue weighted by Crippen LogP contribution is -2.48. The Balaban J connectivity index is 1.78.